The molecule has 5 rings (SSSR count). The van der Waals surface area contributed by atoms with E-state index in [9.17, 15) is 39.5 Å². The van der Waals surface area contributed by atoms with Crippen LogP contribution in [0.3, 0.4) is 0 Å². The molecule has 2 nitrogen and oxygen atoms in total. The molecule has 0 bridgehead atoms. The lowest BCUT2D eigenvalue weighted by Gasteiger charge is -2.20. The zero-order valence-electron chi connectivity index (χ0n) is 22.1. The summed E-state index contributed by atoms with van der Waals surface area (Å²) in [5, 5.41) is -0.477. The van der Waals surface area contributed by atoms with E-state index in [0.29, 0.717) is 24.3 Å². The van der Waals surface area contributed by atoms with Crippen LogP contribution in [0.5, 0.6) is 5.75 Å². The van der Waals surface area contributed by atoms with Gasteiger partial charge in [-0.25, -0.2) is 26.9 Å². The van der Waals surface area contributed by atoms with Gasteiger partial charge in [-0.15, -0.1) is 0 Å². The minimum absolute atomic E-state index is 0.00530. The minimum Gasteiger partial charge on any atom is -0.429 e. The monoisotopic (exact) mass is 629 g/mol. The predicted octanol–water partition coefficient (Wildman–Crippen LogP) is 9.04. The second-order valence-corrected chi connectivity index (χ2v) is 9.27. The summed E-state index contributed by atoms with van der Waals surface area (Å²) in [5.74, 6) is -0.940. The Balaban J connectivity index is 1.41. The second-order valence-electron chi connectivity index (χ2n) is 9.27. The van der Waals surface area contributed by atoms with E-state index in [1.54, 1.807) is 12.1 Å². The molecule has 0 saturated heterocycles. The molecule has 0 aliphatic heterocycles. The van der Waals surface area contributed by atoms with Crippen molar-refractivity contribution < 1.29 is 48.6 Å². The molecule has 1 heterocycles. The molecule has 0 saturated carbocycles. The van der Waals surface area contributed by atoms with Crippen LogP contribution in [0, 0.1) is 52.8 Å². The van der Waals surface area contributed by atoms with E-state index in [1.165, 1.54) is 18.2 Å². The zero-order chi connectivity index (χ0) is 32.5. The topological polar surface area (TPSA) is 22.1 Å². The summed E-state index contributed by atoms with van der Waals surface area (Å²) >= 11 is 0. The Hall–Kier alpha value is -5.49. The van der Waals surface area contributed by atoms with E-state index in [1.807, 2.05) is 0 Å². The summed E-state index contributed by atoms with van der Waals surface area (Å²) in [7, 11) is 0. The van der Waals surface area contributed by atoms with Crippen molar-refractivity contribution in [3.8, 4) is 40.6 Å². The van der Waals surface area contributed by atoms with Gasteiger partial charge in [0.05, 0.1) is 5.56 Å². The molecule has 5 aromatic rings. The maximum atomic E-state index is 15.0. The van der Waals surface area contributed by atoms with E-state index in [0.717, 1.165) is 36.3 Å². The van der Waals surface area contributed by atoms with E-state index in [-0.39, 0.29) is 33.2 Å². The summed E-state index contributed by atoms with van der Waals surface area (Å²) in [6.07, 6.45) is -8.15. The van der Waals surface area contributed by atoms with Gasteiger partial charge in [-0.1, -0.05) is 30.0 Å². The molecule has 4 aromatic carbocycles. The highest BCUT2D eigenvalue weighted by molar-refractivity contribution is 5.89. The number of halogens is 10. The van der Waals surface area contributed by atoms with Crippen LogP contribution in [0.15, 0.2) is 79.0 Å². The number of rotatable bonds is 4. The van der Waals surface area contributed by atoms with Crippen molar-refractivity contribution in [1.82, 2.24) is 4.98 Å². The van der Waals surface area contributed by atoms with Crippen molar-refractivity contribution in [2.24, 2.45) is 0 Å². The van der Waals surface area contributed by atoms with Crippen LogP contribution in [0.4, 0.5) is 43.9 Å². The van der Waals surface area contributed by atoms with Crippen molar-refractivity contribution in [2.45, 2.75) is 12.3 Å². The number of benzene rings is 4. The standard InChI is InChI=1S/C33H13F10NO/c34-26-16-20-15-19(5-8-24(20)31(38)25(26)10-11-32(39,40)41)23-9-7-22(17-27(23)35)45-33(42,43)30-28(36)13-18(14-29(30)37)4-6-21-3-1-2-12-44-21/h1-3,5,7-9,12-17H. The average Bonchev–Trinajstić information content (AvgIpc) is 2.95. The maximum absolute atomic E-state index is 15.0. The lowest BCUT2D eigenvalue weighted by Crippen LogP contribution is -2.25. The molecule has 0 radical (unpaired) electrons. The van der Waals surface area contributed by atoms with Gasteiger partial charge in [-0.3, -0.25) is 0 Å². The van der Waals surface area contributed by atoms with Gasteiger partial charge in [0.25, 0.3) is 0 Å². The fraction of sp³-hybridized carbons (Fsp3) is 0.0606. The number of hydrogen-bond donors (Lipinski definition) is 0. The number of hydrogen-bond acceptors (Lipinski definition) is 2. The zero-order valence-corrected chi connectivity index (χ0v) is 22.1. The van der Waals surface area contributed by atoms with Gasteiger partial charge in [0.2, 0.25) is 0 Å². The average molecular weight is 629 g/mol. The van der Waals surface area contributed by atoms with Crippen molar-refractivity contribution in [3.63, 3.8) is 0 Å². The molecule has 0 aliphatic rings. The molecule has 45 heavy (non-hydrogen) atoms. The van der Waals surface area contributed by atoms with Crippen molar-refractivity contribution in [1.29, 1.82) is 0 Å². The fourth-order valence-corrected chi connectivity index (χ4v) is 4.23. The van der Waals surface area contributed by atoms with Crippen LogP contribution in [0.2, 0.25) is 0 Å². The van der Waals surface area contributed by atoms with Crippen LogP contribution < -0.4 is 4.74 Å². The third kappa shape index (κ3) is 6.86. The number of ether oxygens (including phenoxy) is 1. The summed E-state index contributed by atoms with van der Waals surface area (Å²) in [5.41, 5.74) is -3.08. The predicted molar refractivity (Wildman–Crippen MR) is 143 cm³/mol. The Kier molecular flexibility index (Phi) is 8.18. The molecular weight excluding hydrogens is 616 g/mol. The first-order chi connectivity index (χ1) is 21.2. The molecule has 0 N–H and O–H groups in total. The Morgan fingerprint density at radius 3 is 2.04 bits per heavy atom. The summed E-state index contributed by atoms with van der Waals surface area (Å²) < 4.78 is 145. The Morgan fingerprint density at radius 1 is 0.667 bits per heavy atom. The minimum atomic E-state index is -4.99. The molecule has 226 valence electrons. The molecule has 0 amide bonds. The lowest BCUT2D eigenvalue weighted by molar-refractivity contribution is -0.189. The number of pyridine rings is 1. The van der Waals surface area contributed by atoms with Crippen LogP contribution in [0.1, 0.15) is 22.4 Å². The highest BCUT2D eigenvalue weighted by atomic mass is 19.4. The Morgan fingerprint density at radius 2 is 1.40 bits per heavy atom. The van der Waals surface area contributed by atoms with Gasteiger partial charge in [0, 0.05) is 34.7 Å². The van der Waals surface area contributed by atoms with Crippen LogP contribution >= 0.6 is 0 Å². The molecule has 0 spiro atoms. The van der Waals surface area contributed by atoms with Crippen LogP contribution in [0.25, 0.3) is 21.9 Å². The highest BCUT2D eigenvalue weighted by Crippen LogP contribution is 2.37. The lowest BCUT2D eigenvalue weighted by atomic mass is 9.98. The van der Waals surface area contributed by atoms with E-state index < -0.39 is 58.2 Å². The van der Waals surface area contributed by atoms with Crippen LogP contribution in [-0.4, -0.2) is 11.2 Å². The molecule has 1 aromatic heterocycles. The van der Waals surface area contributed by atoms with Gasteiger partial charge < -0.3 is 4.74 Å². The fourth-order valence-electron chi connectivity index (χ4n) is 4.23. The first-order valence-electron chi connectivity index (χ1n) is 12.5. The van der Waals surface area contributed by atoms with Gasteiger partial charge in [-0.2, -0.15) is 22.0 Å². The molecule has 0 aliphatic carbocycles. The molecular formula is C33H13F10NO. The van der Waals surface area contributed by atoms with Crippen LogP contribution in [-0.2, 0) is 6.11 Å². The van der Waals surface area contributed by atoms with E-state index in [2.05, 4.69) is 21.6 Å². The van der Waals surface area contributed by atoms with Crippen molar-refractivity contribution >= 4 is 10.8 Å². The smallest absolute Gasteiger partial charge is 0.429 e. The Bertz CT molecular complexity index is 2040. The molecule has 0 fully saturated rings. The van der Waals surface area contributed by atoms with Gasteiger partial charge in [-0.05, 0) is 65.4 Å². The molecule has 12 heteroatoms. The Labute approximate surface area is 247 Å². The normalized spacial score (nSPS) is 11.4. The number of nitrogens with zero attached hydrogens (tertiary/aromatic N) is 1. The third-order valence-corrected chi connectivity index (χ3v) is 6.19. The van der Waals surface area contributed by atoms with E-state index in [4.69, 9.17) is 0 Å². The number of aromatic nitrogens is 1. The van der Waals surface area contributed by atoms with Crippen molar-refractivity contribution in [2.75, 3.05) is 0 Å². The summed E-state index contributed by atoms with van der Waals surface area (Å²) in [4.78, 5) is 3.91. The SMILES string of the molecule is Fc1cc(OC(F)(F)c2c(F)cc(C#Cc3ccccn3)cc2F)ccc1-c1ccc2c(F)c(C#CC(F)(F)F)c(F)cc2c1. The van der Waals surface area contributed by atoms with Crippen molar-refractivity contribution in [3.05, 3.63) is 130 Å². The third-order valence-electron chi connectivity index (χ3n) is 6.19. The largest absolute Gasteiger partial charge is 0.458 e. The van der Waals surface area contributed by atoms with Gasteiger partial charge >= 0.3 is 12.3 Å². The quantitative estimate of drug-likeness (QED) is 0.146. The number of fused-ring (bicyclic) bond motifs is 1. The summed E-state index contributed by atoms with van der Waals surface area (Å²) in [6, 6.07) is 12.3. The van der Waals surface area contributed by atoms with Gasteiger partial charge in [0.15, 0.2) is 0 Å². The first kappa shape index (κ1) is 31.0. The maximum Gasteiger partial charge on any atom is 0.458 e. The van der Waals surface area contributed by atoms with Gasteiger partial charge in [0.1, 0.15) is 46.1 Å². The molecule has 0 unspecified atom stereocenters. The molecule has 0 atom stereocenters. The summed E-state index contributed by atoms with van der Waals surface area (Å²) in [6.45, 7) is 0. The van der Waals surface area contributed by atoms with E-state index >= 15 is 4.39 Å². The first-order valence-corrected chi connectivity index (χ1v) is 12.5. The number of alkyl halides is 5. The second kappa shape index (κ2) is 11.9. The highest BCUT2D eigenvalue weighted by Gasteiger charge is 2.41.